The summed E-state index contributed by atoms with van der Waals surface area (Å²) in [5.74, 6) is -1.27. The third-order valence-electron chi connectivity index (χ3n) is 8.33. The number of carbonyl (C=O) groups is 3. The van der Waals surface area contributed by atoms with Gasteiger partial charge in [-0.1, -0.05) is 135 Å². The van der Waals surface area contributed by atoms with Gasteiger partial charge in [0.1, 0.15) is 12.6 Å². The van der Waals surface area contributed by atoms with Gasteiger partial charge in [0, 0.05) is 12.8 Å². The van der Waals surface area contributed by atoms with Gasteiger partial charge in [-0.3, -0.25) is 14.4 Å². The maximum absolute atomic E-state index is 12.6. The molecule has 45 heavy (non-hydrogen) atoms. The highest BCUT2D eigenvalue weighted by atomic mass is 16.5. The summed E-state index contributed by atoms with van der Waals surface area (Å²) in [6, 6.07) is 0. The highest BCUT2D eigenvalue weighted by Crippen LogP contribution is 2.16. The van der Waals surface area contributed by atoms with Gasteiger partial charge in [0.2, 0.25) is 5.91 Å². The van der Waals surface area contributed by atoms with Crippen molar-refractivity contribution in [3.05, 3.63) is 24.3 Å². The number of nitrogens with one attached hydrogen (secondary N) is 1. The summed E-state index contributed by atoms with van der Waals surface area (Å²) in [4.78, 5) is 34.7. The molecule has 0 aromatic carbocycles. The van der Waals surface area contributed by atoms with Crippen LogP contribution < -0.4 is 5.32 Å². The highest BCUT2D eigenvalue weighted by molar-refractivity contribution is 5.80. The number of aliphatic carboxylic acids is 1. The van der Waals surface area contributed by atoms with Crippen molar-refractivity contribution in [2.45, 2.75) is 200 Å². The maximum atomic E-state index is 12.6. The summed E-state index contributed by atoms with van der Waals surface area (Å²) in [5.41, 5.74) is 0. The van der Waals surface area contributed by atoms with Crippen LogP contribution in [0.4, 0.5) is 0 Å². The van der Waals surface area contributed by atoms with E-state index in [0.29, 0.717) is 12.8 Å². The van der Waals surface area contributed by atoms with Gasteiger partial charge in [-0.25, -0.2) is 0 Å². The minimum atomic E-state index is -1.02. The van der Waals surface area contributed by atoms with E-state index in [2.05, 4.69) is 43.5 Å². The summed E-state index contributed by atoms with van der Waals surface area (Å²) < 4.78 is 5.91. The summed E-state index contributed by atoms with van der Waals surface area (Å²) in [5, 5.41) is 11.0. The van der Waals surface area contributed by atoms with Gasteiger partial charge in [-0.15, -0.1) is 0 Å². The van der Waals surface area contributed by atoms with E-state index in [1.54, 1.807) is 0 Å². The predicted octanol–water partition coefficient (Wildman–Crippen LogP) is 11.2. The number of carboxylic acid groups (broad SMARTS) is 1. The molecule has 0 aliphatic heterocycles. The molecule has 6 heteroatoms. The lowest BCUT2D eigenvalue weighted by Gasteiger charge is -2.15. The Labute approximate surface area is 277 Å². The lowest BCUT2D eigenvalue weighted by Crippen LogP contribution is -2.28. The normalized spacial score (nSPS) is 12.2. The second-order valence-corrected chi connectivity index (χ2v) is 12.8. The SMILES string of the molecule is CCCCCCC/C=C\CCCCCCCC(=O)OC(/C=C\CCCCCCCC)CCCCCCCCC(=O)NCC(=O)O. The maximum Gasteiger partial charge on any atom is 0.322 e. The van der Waals surface area contributed by atoms with E-state index >= 15 is 0 Å². The van der Waals surface area contributed by atoms with Crippen molar-refractivity contribution < 1.29 is 24.2 Å². The first-order valence-electron chi connectivity index (χ1n) is 19.0. The first kappa shape index (κ1) is 42.9. The van der Waals surface area contributed by atoms with Crippen LogP contribution >= 0.6 is 0 Å². The molecule has 0 radical (unpaired) electrons. The van der Waals surface area contributed by atoms with E-state index in [0.717, 1.165) is 64.2 Å². The molecular weight excluding hydrogens is 562 g/mol. The van der Waals surface area contributed by atoms with Crippen LogP contribution in [0.25, 0.3) is 0 Å². The molecule has 0 fully saturated rings. The van der Waals surface area contributed by atoms with E-state index in [9.17, 15) is 14.4 Å². The Bertz CT molecular complexity index is 748. The van der Waals surface area contributed by atoms with Crippen LogP contribution in [0.2, 0.25) is 0 Å². The zero-order valence-corrected chi connectivity index (χ0v) is 29.5. The Balaban J connectivity index is 4.16. The van der Waals surface area contributed by atoms with Crippen molar-refractivity contribution >= 4 is 17.8 Å². The number of hydrogen-bond donors (Lipinski definition) is 2. The Hall–Kier alpha value is -2.11. The Kier molecular flexibility index (Phi) is 33.1. The molecule has 0 aliphatic rings. The molecule has 0 rings (SSSR count). The molecule has 2 N–H and O–H groups in total. The predicted molar refractivity (Wildman–Crippen MR) is 189 cm³/mol. The van der Waals surface area contributed by atoms with E-state index in [1.807, 2.05) is 0 Å². The first-order valence-corrected chi connectivity index (χ1v) is 19.0. The van der Waals surface area contributed by atoms with Gasteiger partial charge in [-0.2, -0.15) is 0 Å². The van der Waals surface area contributed by atoms with Crippen LogP contribution in [0.3, 0.4) is 0 Å². The Morgan fingerprint density at radius 3 is 1.56 bits per heavy atom. The standard InChI is InChI=1S/C39H71NO5/c1-3-5-7-9-11-13-14-15-16-17-18-20-26-30-34-39(44)45-36(31-27-23-19-12-10-8-6-4-2)32-28-24-21-22-25-29-33-37(41)40-35-38(42)43/h14-15,27,31,36H,3-13,16-26,28-30,32-35H2,1-2H3,(H,40,41)(H,42,43)/b15-14-,31-27-. The topological polar surface area (TPSA) is 92.7 Å². The molecule has 0 heterocycles. The Morgan fingerprint density at radius 2 is 1.02 bits per heavy atom. The van der Waals surface area contributed by atoms with Crippen molar-refractivity contribution in [2.24, 2.45) is 0 Å². The van der Waals surface area contributed by atoms with Crippen LogP contribution in [0.1, 0.15) is 194 Å². The van der Waals surface area contributed by atoms with Crippen LogP contribution in [0.15, 0.2) is 24.3 Å². The third-order valence-corrected chi connectivity index (χ3v) is 8.33. The van der Waals surface area contributed by atoms with Crippen molar-refractivity contribution in [2.75, 3.05) is 6.54 Å². The number of amides is 1. The smallest absolute Gasteiger partial charge is 0.322 e. The summed E-state index contributed by atoms with van der Waals surface area (Å²) >= 11 is 0. The number of esters is 1. The van der Waals surface area contributed by atoms with Gasteiger partial charge < -0.3 is 15.2 Å². The fraction of sp³-hybridized carbons (Fsp3) is 0.821. The van der Waals surface area contributed by atoms with Gasteiger partial charge in [0.05, 0.1) is 0 Å². The van der Waals surface area contributed by atoms with Crippen molar-refractivity contribution in [3.8, 4) is 0 Å². The van der Waals surface area contributed by atoms with Gasteiger partial charge >= 0.3 is 11.9 Å². The van der Waals surface area contributed by atoms with Crippen LogP contribution in [0.5, 0.6) is 0 Å². The fourth-order valence-corrected chi connectivity index (χ4v) is 5.48. The summed E-state index contributed by atoms with van der Waals surface area (Å²) in [6.45, 7) is 4.19. The van der Waals surface area contributed by atoms with Crippen LogP contribution in [-0.4, -0.2) is 35.6 Å². The van der Waals surface area contributed by atoms with E-state index in [1.165, 1.54) is 103 Å². The average molecular weight is 634 g/mol. The molecule has 1 unspecified atom stereocenters. The van der Waals surface area contributed by atoms with Gasteiger partial charge in [-0.05, 0) is 70.3 Å². The highest BCUT2D eigenvalue weighted by Gasteiger charge is 2.11. The minimum absolute atomic E-state index is 0.0627. The third kappa shape index (κ3) is 34.6. The number of ether oxygens (including phenoxy) is 1. The number of allylic oxidation sites excluding steroid dienone is 3. The monoisotopic (exact) mass is 634 g/mol. The lowest BCUT2D eigenvalue weighted by molar-refractivity contribution is -0.147. The molecule has 0 aromatic rings. The van der Waals surface area contributed by atoms with E-state index in [-0.39, 0.29) is 24.5 Å². The van der Waals surface area contributed by atoms with Crippen LogP contribution in [0, 0.1) is 0 Å². The molecular formula is C39H71NO5. The van der Waals surface area contributed by atoms with Gasteiger partial charge in [0.15, 0.2) is 0 Å². The average Bonchev–Trinajstić information content (AvgIpc) is 3.02. The lowest BCUT2D eigenvalue weighted by atomic mass is 10.0. The van der Waals surface area contributed by atoms with Crippen molar-refractivity contribution in [3.63, 3.8) is 0 Å². The zero-order chi connectivity index (χ0) is 33.1. The molecule has 262 valence electrons. The second-order valence-electron chi connectivity index (χ2n) is 12.8. The molecule has 1 amide bonds. The number of unbranched alkanes of at least 4 members (excludes halogenated alkanes) is 21. The molecule has 0 aliphatic carbocycles. The minimum Gasteiger partial charge on any atom is -0.480 e. The number of hydrogen-bond acceptors (Lipinski definition) is 4. The molecule has 0 spiro atoms. The number of rotatable bonds is 34. The van der Waals surface area contributed by atoms with Gasteiger partial charge in [0.25, 0.3) is 0 Å². The molecule has 0 saturated carbocycles. The molecule has 6 nitrogen and oxygen atoms in total. The number of carbonyl (C=O) groups excluding carboxylic acids is 2. The largest absolute Gasteiger partial charge is 0.480 e. The quantitative estimate of drug-likeness (QED) is 0.0418. The van der Waals surface area contributed by atoms with E-state index < -0.39 is 5.97 Å². The molecule has 1 atom stereocenters. The summed E-state index contributed by atoms with van der Waals surface area (Å²) in [6.07, 6.45) is 40.2. The second kappa shape index (κ2) is 34.8. The van der Waals surface area contributed by atoms with Crippen molar-refractivity contribution in [1.82, 2.24) is 5.32 Å². The Morgan fingerprint density at radius 1 is 0.578 bits per heavy atom. The van der Waals surface area contributed by atoms with E-state index in [4.69, 9.17) is 9.84 Å². The zero-order valence-electron chi connectivity index (χ0n) is 29.5. The molecule has 0 bridgehead atoms. The number of carboxylic acids is 1. The summed E-state index contributed by atoms with van der Waals surface area (Å²) in [7, 11) is 0. The van der Waals surface area contributed by atoms with Crippen LogP contribution in [-0.2, 0) is 19.1 Å². The fourth-order valence-electron chi connectivity index (χ4n) is 5.48. The first-order chi connectivity index (χ1) is 22.0. The molecule has 0 saturated heterocycles. The van der Waals surface area contributed by atoms with Crippen molar-refractivity contribution in [1.29, 1.82) is 0 Å². The molecule has 0 aromatic heterocycles.